The fraction of sp³-hybridized carbons (Fsp3) is 0.533. The molecule has 2 fully saturated rings. The number of phenolic OH excluding ortho intramolecular Hbond substituents is 1. The highest BCUT2D eigenvalue weighted by molar-refractivity contribution is 6.31. The number of halogens is 1. The van der Waals surface area contributed by atoms with Crippen LogP contribution in [0.25, 0.3) is 0 Å². The van der Waals surface area contributed by atoms with Crippen LogP contribution in [0, 0.1) is 5.92 Å². The molecule has 3 nitrogen and oxygen atoms in total. The number of Topliss-reactive ketones (excluding diaryl/α,β-unsaturated/α-hetero) is 1. The Morgan fingerprint density at radius 1 is 1.47 bits per heavy atom. The van der Waals surface area contributed by atoms with Crippen LogP contribution in [0.1, 0.15) is 42.1 Å². The van der Waals surface area contributed by atoms with Crippen molar-refractivity contribution in [3.63, 3.8) is 0 Å². The Morgan fingerprint density at radius 2 is 2.26 bits per heavy atom. The van der Waals surface area contributed by atoms with Crippen molar-refractivity contribution in [1.82, 2.24) is 4.90 Å². The van der Waals surface area contributed by atoms with Gasteiger partial charge in [-0.25, -0.2) is 0 Å². The van der Waals surface area contributed by atoms with Crippen LogP contribution in [-0.4, -0.2) is 28.4 Å². The van der Waals surface area contributed by atoms with Gasteiger partial charge in [-0.15, -0.1) is 0 Å². The van der Waals surface area contributed by atoms with Crippen LogP contribution in [0.2, 0.25) is 5.02 Å². The summed E-state index contributed by atoms with van der Waals surface area (Å²) in [5.74, 6) is 0.766. The van der Waals surface area contributed by atoms with Gasteiger partial charge in [-0.1, -0.05) is 11.6 Å². The number of fused-ring (bicyclic) bond motifs is 2. The summed E-state index contributed by atoms with van der Waals surface area (Å²) in [6.45, 7) is 3.24. The normalized spacial score (nSPS) is 26.0. The minimum atomic E-state index is -0.149. The Bertz CT molecular complexity index is 529. The number of carbonyl (C=O) groups is 1. The van der Waals surface area contributed by atoms with Crippen LogP contribution in [0.3, 0.4) is 0 Å². The predicted molar refractivity (Wildman–Crippen MR) is 74.7 cm³/mol. The van der Waals surface area contributed by atoms with Gasteiger partial charge in [-0.2, -0.15) is 0 Å². The third-order valence-corrected chi connectivity index (χ3v) is 4.65. The molecule has 2 bridgehead atoms. The van der Waals surface area contributed by atoms with Crippen LogP contribution in [0.4, 0.5) is 0 Å². The zero-order chi connectivity index (χ0) is 13.6. The first-order chi connectivity index (χ1) is 9.04. The van der Waals surface area contributed by atoms with E-state index in [1.807, 2.05) is 0 Å². The van der Waals surface area contributed by atoms with Crippen LogP contribution in [0.5, 0.6) is 5.75 Å². The third-order valence-electron chi connectivity index (χ3n) is 4.43. The summed E-state index contributed by atoms with van der Waals surface area (Å²) in [5.41, 5.74) is 1.09. The molecule has 1 aliphatic carbocycles. The van der Waals surface area contributed by atoms with E-state index >= 15 is 0 Å². The Labute approximate surface area is 118 Å². The highest BCUT2D eigenvalue weighted by Gasteiger charge is 2.37. The van der Waals surface area contributed by atoms with Crippen molar-refractivity contribution >= 4 is 17.4 Å². The van der Waals surface area contributed by atoms with Gasteiger partial charge >= 0.3 is 0 Å². The van der Waals surface area contributed by atoms with Gasteiger partial charge < -0.3 is 5.11 Å². The Morgan fingerprint density at radius 3 is 2.84 bits per heavy atom. The van der Waals surface area contributed by atoms with Crippen LogP contribution in [-0.2, 0) is 6.54 Å². The van der Waals surface area contributed by atoms with Crippen LogP contribution >= 0.6 is 11.6 Å². The lowest BCUT2D eigenvalue weighted by Gasteiger charge is -2.27. The Balaban J connectivity index is 1.86. The third kappa shape index (κ3) is 2.37. The van der Waals surface area contributed by atoms with E-state index in [9.17, 15) is 9.90 Å². The summed E-state index contributed by atoms with van der Waals surface area (Å²) in [5, 5.41) is 10.7. The molecule has 1 aliphatic heterocycles. The number of ketones is 1. The van der Waals surface area contributed by atoms with E-state index in [0.717, 1.165) is 18.0 Å². The zero-order valence-corrected chi connectivity index (χ0v) is 11.8. The molecule has 1 aromatic rings. The van der Waals surface area contributed by atoms with Gasteiger partial charge in [0, 0.05) is 29.7 Å². The number of hydrogen-bond acceptors (Lipinski definition) is 3. The predicted octanol–water partition coefficient (Wildman–Crippen LogP) is 3.23. The zero-order valence-electron chi connectivity index (χ0n) is 11.0. The summed E-state index contributed by atoms with van der Waals surface area (Å²) in [6, 6.07) is 3.96. The lowest BCUT2D eigenvalue weighted by Crippen LogP contribution is -2.31. The lowest BCUT2D eigenvalue weighted by molar-refractivity contribution is 0.101. The summed E-state index contributed by atoms with van der Waals surface area (Å²) in [4.78, 5) is 13.9. The molecule has 1 heterocycles. The molecule has 1 saturated carbocycles. The quantitative estimate of drug-likeness (QED) is 0.864. The SMILES string of the molecule is CC(=O)c1cc(Cl)cc(CN2CC3CCC2C3)c1O. The molecular formula is C15H18ClNO2. The number of hydrogen-bond donors (Lipinski definition) is 1. The van der Waals surface area contributed by atoms with E-state index in [4.69, 9.17) is 11.6 Å². The van der Waals surface area contributed by atoms with Crippen LogP contribution in [0.15, 0.2) is 12.1 Å². The van der Waals surface area contributed by atoms with E-state index in [1.54, 1.807) is 12.1 Å². The van der Waals surface area contributed by atoms with E-state index in [0.29, 0.717) is 23.2 Å². The summed E-state index contributed by atoms with van der Waals surface area (Å²) in [7, 11) is 0. The van der Waals surface area contributed by atoms with Crippen molar-refractivity contribution in [1.29, 1.82) is 0 Å². The second-order valence-corrected chi connectivity index (χ2v) is 6.22. The maximum absolute atomic E-state index is 11.5. The maximum Gasteiger partial charge on any atom is 0.163 e. The van der Waals surface area contributed by atoms with Crippen molar-refractivity contribution in [2.24, 2.45) is 5.92 Å². The summed E-state index contributed by atoms with van der Waals surface area (Å²) < 4.78 is 0. The molecule has 4 heteroatoms. The molecule has 0 amide bonds. The fourth-order valence-corrected chi connectivity index (χ4v) is 3.72. The minimum absolute atomic E-state index is 0.0969. The first kappa shape index (κ1) is 12.9. The van der Waals surface area contributed by atoms with Crippen molar-refractivity contribution in [3.8, 4) is 5.75 Å². The standard InChI is InChI=1S/C15H18ClNO2/c1-9(18)14-6-12(16)5-11(15(14)19)8-17-7-10-2-3-13(17)4-10/h5-6,10,13,19H,2-4,7-8H2,1H3. The molecule has 1 saturated heterocycles. The molecule has 3 rings (SSSR count). The number of nitrogens with zero attached hydrogens (tertiary/aromatic N) is 1. The number of benzene rings is 1. The average Bonchev–Trinajstić information content (AvgIpc) is 2.95. The van der Waals surface area contributed by atoms with Gasteiger partial charge in [-0.05, 0) is 44.2 Å². The van der Waals surface area contributed by atoms with Gasteiger partial charge in [-0.3, -0.25) is 9.69 Å². The topological polar surface area (TPSA) is 40.5 Å². The molecule has 2 atom stereocenters. The second-order valence-electron chi connectivity index (χ2n) is 5.78. The summed E-state index contributed by atoms with van der Waals surface area (Å²) in [6.07, 6.45) is 3.87. The highest BCUT2D eigenvalue weighted by Crippen LogP contribution is 2.39. The van der Waals surface area contributed by atoms with E-state index in [-0.39, 0.29) is 11.5 Å². The fourth-order valence-electron chi connectivity index (χ4n) is 3.48. The monoisotopic (exact) mass is 279 g/mol. The molecule has 2 aliphatic rings. The molecule has 102 valence electrons. The van der Waals surface area contributed by atoms with Gasteiger partial charge in [0.15, 0.2) is 5.78 Å². The molecular weight excluding hydrogens is 262 g/mol. The number of rotatable bonds is 3. The van der Waals surface area contributed by atoms with Gasteiger partial charge in [0.2, 0.25) is 0 Å². The molecule has 2 unspecified atom stereocenters. The molecule has 0 radical (unpaired) electrons. The maximum atomic E-state index is 11.5. The summed E-state index contributed by atoms with van der Waals surface area (Å²) >= 11 is 6.05. The largest absolute Gasteiger partial charge is 0.507 e. The van der Waals surface area contributed by atoms with Crippen molar-refractivity contribution in [2.75, 3.05) is 6.54 Å². The average molecular weight is 280 g/mol. The molecule has 0 aromatic heterocycles. The second kappa shape index (κ2) is 4.80. The number of phenols is 1. The van der Waals surface area contributed by atoms with Gasteiger partial charge in [0.1, 0.15) is 5.75 Å². The van der Waals surface area contributed by atoms with Gasteiger partial charge in [0.25, 0.3) is 0 Å². The van der Waals surface area contributed by atoms with Crippen molar-refractivity contribution < 1.29 is 9.90 Å². The number of aromatic hydroxyl groups is 1. The highest BCUT2D eigenvalue weighted by atomic mass is 35.5. The Kier molecular flexibility index (Phi) is 3.27. The van der Waals surface area contributed by atoms with Crippen molar-refractivity contribution in [2.45, 2.75) is 38.8 Å². The minimum Gasteiger partial charge on any atom is -0.507 e. The molecule has 0 spiro atoms. The first-order valence-corrected chi connectivity index (χ1v) is 7.18. The van der Waals surface area contributed by atoms with Crippen LogP contribution < -0.4 is 0 Å². The number of piperidine rings is 1. The number of carbonyl (C=O) groups excluding carboxylic acids is 1. The molecule has 19 heavy (non-hydrogen) atoms. The smallest absolute Gasteiger partial charge is 0.163 e. The van der Waals surface area contributed by atoms with E-state index in [2.05, 4.69) is 4.90 Å². The number of likely N-dealkylation sites (tertiary alicyclic amines) is 1. The Hall–Kier alpha value is -1.06. The van der Waals surface area contributed by atoms with E-state index in [1.165, 1.54) is 26.2 Å². The van der Waals surface area contributed by atoms with Gasteiger partial charge in [0.05, 0.1) is 5.56 Å². The molecule has 1 N–H and O–H groups in total. The first-order valence-electron chi connectivity index (χ1n) is 6.81. The molecule has 1 aromatic carbocycles. The van der Waals surface area contributed by atoms with E-state index < -0.39 is 0 Å². The lowest BCUT2D eigenvalue weighted by atomic mass is 10.0. The van der Waals surface area contributed by atoms with Crippen molar-refractivity contribution in [3.05, 3.63) is 28.3 Å².